The van der Waals surface area contributed by atoms with Gasteiger partial charge in [0.25, 0.3) is 0 Å². The van der Waals surface area contributed by atoms with Crippen molar-refractivity contribution in [2.75, 3.05) is 11.4 Å². The SMILES string of the molecule is CC(Cl)C(=O)c1cc2c3c(c1)CCN3C(=O)CC2. The van der Waals surface area contributed by atoms with Crippen LogP contribution in [0.2, 0.25) is 0 Å². The number of halogens is 1. The molecule has 1 amide bonds. The summed E-state index contributed by atoms with van der Waals surface area (Å²) in [5, 5.41) is -0.502. The first-order valence-electron chi connectivity index (χ1n) is 6.22. The van der Waals surface area contributed by atoms with Gasteiger partial charge in [0.05, 0.1) is 11.1 Å². The van der Waals surface area contributed by atoms with E-state index in [0.717, 1.165) is 36.2 Å². The second kappa shape index (κ2) is 4.09. The molecule has 0 saturated carbocycles. The van der Waals surface area contributed by atoms with Gasteiger partial charge in [0.15, 0.2) is 5.78 Å². The number of amides is 1. The van der Waals surface area contributed by atoms with Crippen LogP contribution in [0.5, 0.6) is 0 Å². The average Bonchev–Trinajstić information content (AvgIpc) is 2.78. The highest BCUT2D eigenvalue weighted by Crippen LogP contribution is 2.37. The number of ketones is 1. The van der Waals surface area contributed by atoms with Crippen molar-refractivity contribution in [2.24, 2.45) is 0 Å². The Hall–Kier alpha value is -1.35. The molecule has 18 heavy (non-hydrogen) atoms. The molecule has 0 N–H and O–H groups in total. The number of Topliss-reactive ketones (excluding diaryl/α,β-unsaturated/α-hetero) is 1. The molecule has 2 heterocycles. The molecule has 4 heteroatoms. The van der Waals surface area contributed by atoms with Crippen LogP contribution in [-0.4, -0.2) is 23.6 Å². The number of anilines is 1. The van der Waals surface area contributed by atoms with Crippen molar-refractivity contribution in [2.45, 2.75) is 31.6 Å². The maximum atomic E-state index is 12.0. The third-order valence-corrected chi connectivity index (χ3v) is 3.90. The highest BCUT2D eigenvalue weighted by Gasteiger charge is 2.32. The van der Waals surface area contributed by atoms with Crippen LogP contribution in [0, 0.1) is 0 Å². The molecule has 3 nitrogen and oxygen atoms in total. The Bertz CT molecular complexity index is 551. The van der Waals surface area contributed by atoms with E-state index in [1.165, 1.54) is 0 Å². The highest BCUT2D eigenvalue weighted by atomic mass is 35.5. The Labute approximate surface area is 111 Å². The predicted octanol–water partition coefficient (Wildman–Crippen LogP) is 2.33. The summed E-state index contributed by atoms with van der Waals surface area (Å²) in [6, 6.07) is 3.81. The fourth-order valence-corrected chi connectivity index (χ4v) is 2.96. The monoisotopic (exact) mass is 263 g/mol. The van der Waals surface area contributed by atoms with Gasteiger partial charge in [0.1, 0.15) is 0 Å². The van der Waals surface area contributed by atoms with Gasteiger partial charge in [-0.1, -0.05) is 0 Å². The molecule has 0 aliphatic carbocycles. The third kappa shape index (κ3) is 1.65. The number of carbonyl (C=O) groups excluding carboxylic acids is 2. The minimum Gasteiger partial charge on any atom is -0.312 e. The number of alkyl halides is 1. The summed E-state index contributed by atoms with van der Waals surface area (Å²) in [4.78, 5) is 25.6. The number of benzene rings is 1. The van der Waals surface area contributed by atoms with Gasteiger partial charge >= 0.3 is 0 Å². The van der Waals surface area contributed by atoms with Crippen LogP contribution >= 0.6 is 11.6 Å². The molecular formula is C14H14ClNO2. The van der Waals surface area contributed by atoms with E-state index < -0.39 is 5.38 Å². The van der Waals surface area contributed by atoms with E-state index in [0.29, 0.717) is 12.0 Å². The minimum absolute atomic E-state index is 0.0360. The predicted molar refractivity (Wildman–Crippen MR) is 70.5 cm³/mol. The summed E-state index contributed by atoms with van der Waals surface area (Å²) in [7, 11) is 0. The molecule has 1 unspecified atom stereocenters. The molecule has 2 aliphatic rings. The summed E-state index contributed by atoms with van der Waals surface area (Å²) >= 11 is 5.86. The first-order chi connectivity index (χ1) is 8.58. The zero-order valence-electron chi connectivity index (χ0n) is 10.2. The maximum Gasteiger partial charge on any atom is 0.227 e. The van der Waals surface area contributed by atoms with E-state index in [4.69, 9.17) is 11.6 Å². The standard InChI is InChI=1S/C14H14ClNO2/c1-8(15)14(18)11-6-9-2-3-12(17)16-5-4-10(7-11)13(9)16/h6-8H,2-5H2,1H3. The average molecular weight is 264 g/mol. The third-order valence-electron chi connectivity index (χ3n) is 3.70. The summed E-state index contributed by atoms with van der Waals surface area (Å²) in [5.74, 6) is 0.164. The summed E-state index contributed by atoms with van der Waals surface area (Å²) in [6.45, 7) is 2.44. The molecule has 94 valence electrons. The normalized spacial score (nSPS) is 18.8. The lowest BCUT2D eigenvalue weighted by atomic mass is 9.94. The van der Waals surface area contributed by atoms with Crippen molar-refractivity contribution in [1.82, 2.24) is 0 Å². The van der Waals surface area contributed by atoms with E-state index >= 15 is 0 Å². The van der Waals surface area contributed by atoms with Gasteiger partial charge in [0.2, 0.25) is 5.91 Å². The molecule has 0 bridgehead atoms. The van der Waals surface area contributed by atoms with Gasteiger partial charge in [-0.15, -0.1) is 11.6 Å². The van der Waals surface area contributed by atoms with Gasteiger partial charge in [-0.3, -0.25) is 9.59 Å². The van der Waals surface area contributed by atoms with E-state index in [-0.39, 0.29) is 11.7 Å². The highest BCUT2D eigenvalue weighted by molar-refractivity contribution is 6.33. The van der Waals surface area contributed by atoms with Crippen molar-refractivity contribution in [3.05, 3.63) is 28.8 Å². The maximum absolute atomic E-state index is 12.0. The largest absolute Gasteiger partial charge is 0.312 e. The Morgan fingerprint density at radius 3 is 2.61 bits per heavy atom. The lowest BCUT2D eigenvalue weighted by Crippen LogP contribution is -2.33. The minimum atomic E-state index is -0.502. The molecule has 0 aromatic heterocycles. The second-order valence-corrected chi connectivity index (χ2v) is 5.57. The van der Waals surface area contributed by atoms with E-state index in [2.05, 4.69) is 0 Å². The number of rotatable bonds is 2. The van der Waals surface area contributed by atoms with Gasteiger partial charge < -0.3 is 4.90 Å². The first kappa shape index (κ1) is 11.7. The van der Waals surface area contributed by atoms with E-state index in [1.807, 2.05) is 17.0 Å². The quantitative estimate of drug-likeness (QED) is 0.607. The molecule has 0 radical (unpaired) electrons. The van der Waals surface area contributed by atoms with Crippen LogP contribution in [0.15, 0.2) is 12.1 Å². The number of aryl methyl sites for hydroxylation is 1. The van der Waals surface area contributed by atoms with Crippen LogP contribution in [0.4, 0.5) is 5.69 Å². The zero-order chi connectivity index (χ0) is 12.9. The lowest BCUT2D eigenvalue weighted by molar-refractivity contribution is -0.118. The molecule has 1 aromatic carbocycles. The smallest absolute Gasteiger partial charge is 0.227 e. The molecule has 0 saturated heterocycles. The topological polar surface area (TPSA) is 37.4 Å². The van der Waals surface area contributed by atoms with Crippen LogP contribution in [0.25, 0.3) is 0 Å². The van der Waals surface area contributed by atoms with Crippen LogP contribution < -0.4 is 4.90 Å². The lowest BCUT2D eigenvalue weighted by Gasteiger charge is -2.25. The van der Waals surface area contributed by atoms with E-state index in [1.54, 1.807) is 6.92 Å². The summed E-state index contributed by atoms with van der Waals surface area (Å²) < 4.78 is 0. The van der Waals surface area contributed by atoms with Gasteiger partial charge in [0, 0.05) is 18.5 Å². The molecule has 0 spiro atoms. The number of nitrogens with zero attached hydrogens (tertiary/aromatic N) is 1. The molecule has 1 atom stereocenters. The van der Waals surface area contributed by atoms with Crippen molar-refractivity contribution in [1.29, 1.82) is 0 Å². The number of hydrogen-bond donors (Lipinski definition) is 0. The number of carbonyl (C=O) groups is 2. The molecule has 0 fully saturated rings. The van der Waals surface area contributed by atoms with Crippen molar-refractivity contribution >= 4 is 29.0 Å². The fraction of sp³-hybridized carbons (Fsp3) is 0.429. The molecule has 1 aromatic rings. The molecule has 3 rings (SSSR count). The van der Waals surface area contributed by atoms with Crippen molar-refractivity contribution in [3.63, 3.8) is 0 Å². The Balaban J connectivity index is 2.10. The second-order valence-electron chi connectivity index (χ2n) is 4.92. The van der Waals surface area contributed by atoms with Crippen molar-refractivity contribution < 1.29 is 9.59 Å². The Morgan fingerprint density at radius 1 is 1.28 bits per heavy atom. The van der Waals surface area contributed by atoms with Crippen LogP contribution in [-0.2, 0) is 17.6 Å². The summed E-state index contributed by atoms with van der Waals surface area (Å²) in [5.41, 5.74) is 3.96. The summed E-state index contributed by atoms with van der Waals surface area (Å²) in [6.07, 6.45) is 2.11. The van der Waals surface area contributed by atoms with Crippen LogP contribution in [0.3, 0.4) is 0 Å². The van der Waals surface area contributed by atoms with Crippen molar-refractivity contribution in [3.8, 4) is 0 Å². The van der Waals surface area contributed by atoms with E-state index in [9.17, 15) is 9.59 Å². The first-order valence-corrected chi connectivity index (χ1v) is 6.66. The Morgan fingerprint density at radius 2 is 1.94 bits per heavy atom. The van der Waals surface area contributed by atoms with Gasteiger partial charge in [-0.25, -0.2) is 0 Å². The molecule has 2 aliphatic heterocycles. The Kier molecular flexibility index (Phi) is 2.67. The zero-order valence-corrected chi connectivity index (χ0v) is 11.0. The fourth-order valence-electron chi connectivity index (χ4n) is 2.83. The van der Waals surface area contributed by atoms with Crippen LogP contribution in [0.1, 0.15) is 34.8 Å². The van der Waals surface area contributed by atoms with Gasteiger partial charge in [-0.2, -0.15) is 0 Å². The number of hydrogen-bond acceptors (Lipinski definition) is 2. The van der Waals surface area contributed by atoms with Gasteiger partial charge in [-0.05, 0) is 43.0 Å². The molecular weight excluding hydrogens is 250 g/mol.